The minimum absolute atomic E-state index is 0.0545. The summed E-state index contributed by atoms with van der Waals surface area (Å²) in [5.41, 5.74) is 1.10. The van der Waals surface area contributed by atoms with Gasteiger partial charge in [-0.3, -0.25) is 10.00 Å². The van der Waals surface area contributed by atoms with E-state index < -0.39 is 0 Å². The van der Waals surface area contributed by atoms with Crippen LogP contribution in [0.15, 0.2) is 30.5 Å². The average molecular weight is 287 g/mol. The first kappa shape index (κ1) is 13.4. The number of ether oxygens (including phenoxy) is 1. The molecule has 2 N–H and O–H groups in total. The van der Waals surface area contributed by atoms with Gasteiger partial charge in [0.25, 0.3) is 0 Å². The molecule has 2 amide bonds. The van der Waals surface area contributed by atoms with Gasteiger partial charge >= 0.3 is 6.03 Å². The summed E-state index contributed by atoms with van der Waals surface area (Å²) in [6.07, 6.45) is 2.44. The molecule has 1 aliphatic rings. The van der Waals surface area contributed by atoms with Crippen LogP contribution in [0.5, 0.6) is 5.75 Å². The molecule has 21 heavy (non-hydrogen) atoms. The van der Waals surface area contributed by atoms with Crippen LogP contribution in [0.1, 0.15) is 12.5 Å². The zero-order valence-corrected chi connectivity index (χ0v) is 11.7. The summed E-state index contributed by atoms with van der Waals surface area (Å²) in [7, 11) is 0. The van der Waals surface area contributed by atoms with Gasteiger partial charge in [-0.2, -0.15) is 0 Å². The maximum Gasteiger partial charge on any atom is 0.320 e. The van der Waals surface area contributed by atoms with Gasteiger partial charge in [-0.05, 0) is 25.0 Å². The number of carbonyl (C=O) groups excluding carboxylic acids is 1. The maximum absolute atomic E-state index is 11.9. The van der Waals surface area contributed by atoms with Crippen LogP contribution in [0.2, 0.25) is 0 Å². The molecule has 0 aliphatic carbocycles. The first-order valence-corrected chi connectivity index (χ1v) is 6.93. The molecule has 1 unspecified atom stereocenters. The van der Waals surface area contributed by atoms with Gasteiger partial charge in [0.05, 0.1) is 12.2 Å². The van der Waals surface area contributed by atoms with Crippen LogP contribution in [0, 0.1) is 0 Å². The van der Waals surface area contributed by atoms with E-state index in [0.717, 1.165) is 17.7 Å². The minimum atomic E-state index is -0.300. The molecule has 7 nitrogen and oxygen atoms in total. The van der Waals surface area contributed by atoms with Crippen molar-refractivity contribution in [3.63, 3.8) is 0 Å². The number of rotatable bonds is 3. The number of para-hydroxylation sites is 1. The highest BCUT2D eigenvalue weighted by Crippen LogP contribution is 2.23. The molecule has 1 atom stereocenters. The number of amides is 2. The smallest absolute Gasteiger partial charge is 0.320 e. The summed E-state index contributed by atoms with van der Waals surface area (Å²) >= 11 is 0. The molecule has 0 radical (unpaired) electrons. The predicted molar refractivity (Wildman–Crippen MR) is 77.3 cm³/mol. The van der Waals surface area contributed by atoms with Crippen LogP contribution in [-0.2, 0) is 13.0 Å². The number of nitrogens with one attached hydrogen (secondary N) is 2. The van der Waals surface area contributed by atoms with Gasteiger partial charge in [0, 0.05) is 6.54 Å². The zero-order valence-electron chi connectivity index (χ0n) is 11.7. The van der Waals surface area contributed by atoms with E-state index in [0.29, 0.717) is 19.0 Å². The topological polar surface area (TPSA) is 81.1 Å². The Kier molecular flexibility index (Phi) is 3.72. The van der Waals surface area contributed by atoms with Crippen molar-refractivity contribution in [2.75, 3.05) is 11.9 Å². The molecule has 0 fully saturated rings. The number of carbonyl (C=O) groups is 1. The Balaban J connectivity index is 1.56. The normalized spacial score (nSPS) is 16.7. The highest BCUT2D eigenvalue weighted by molar-refractivity contribution is 5.88. The van der Waals surface area contributed by atoms with E-state index in [1.165, 1.54) is 0 Å². The van der Waals surface area contributed by atoms with Crippen LogP contribution >= 0.6 is 0 Å². The molecule has 0 bridgehead atoms. The van der Waals surface area contributed by atoms with Crippen molar-refractivity contribution in [3.8, 4) is 5.75 Å². The third-order valence-electron chi connectivity index (χ3n) is 3.32. The number of anilines is 1. The second-order valence-corrected chi connectivity index (χ2v) is 4.88. The SMILES string of the molecule is CCn1cc(NC(=O)NC2COc3ccccc3C2)nn1. The summed E-state index contributed by atoms with van der Waals surface area (Å²) in [5, 5.41) is 13.3. The molecular formula is C14H17N5O2. The standard InChI is InChI=1S/C14H17N5O2/c1-2-19-8-13(17-18-19)16-14(20)15-11-7-10-5-3-4-6-12(10)21-9-11/h3-6,8,11H,2,7,9H2,1H3,(H2,15,16,20). The number of benzene rings is 1. The largest absolute Gasteiger partial charge is 0.491 e. The lowest BCUT2D eigenvalue weighted by molar-refractivity contribution is 0.222. The van der Waals surface area contributed by atoms with Gasteiger partial charge in [-0.25, -0.2) is 4.79 Å². The van der Waals surface area contributed by atoms with Crippen molar-refractivity contribution in [3.05, 3.63) is 36.0 Å². The van der Waals surface area contributed by atoms with Crippen molar-refractivity contribution in [1.82, 2.24) is 20.3 Å². The molecule has 3 rings (SSSR count). The number of hydrogen-bond acceptors (Lipinski definition) is 4. The van der Waals surface area contributed by atoms with Crippen molar-refractivity contribution in [2.45, 2.75) is 25.9 Å². The molecule has 1 aromatic heterocycles. The number of aromatic nitrogens is 3. The Hall–Kier alpha value is -2.57. The fourth-order valence-corrected chi connectivity index (χ4v) is 2.27. The van der Waals surface area contributed by atoms with E-state index in [1.807, 2.05) is 31.2 Å². The average Bonchev–Trinajstić information content (AvgIpc) is 2.94. The number of fused-ring (bicyclic) bond motifs is 1. The molecule has 2 heterocycles. The maximum atomic E-state index is 11.9. The predicted octanol–water partition coefficient (Wildman–Crippen LogP) is 1.42. The quantitative estimate of drug-likeness (QED) is 0.894. The summed E-state index contributed by atoms with van der Waals surface area (Å²) in [6, 6.07) is 7.50. The molecule has 7 heteroatoms. The molecule has 1 aromatic carbocycles. The fourth-order valence-electron chi connectivity index (χ4n) is 2.27. The fraction of sp³-hybridized carbons (Fsp3) is 0.357. The van der Waals surface area contributed by atoms with Gasteiger partial charge < -0.3 is 10.1 Å². The van der Waals surface area contributed by atoms with Crippen LogP contribution < -0.4 is 15.4 Å². The van der Waals surface area contributed by atoms with Crippen LogP contribution in [0.4, 0.5) is 10.6 Å². The summed E-state index contributed by atoms with van der Waals surface area (Å²) in [5.74, 6) is 1.33. The van der Waals surface area contributed by atoms with Gasteiger partial charge in [0.15, 0.2) is 5.82 Å². The molecule has 0 saturated carbocycles. The molecular weight excluding hydrogens is 270 g/mol. The molecule has 110 valence electrons. The van der Waals surface area contributed by atoms with E-state index in [1.54, 1.807) is 10.9 Å². The second-order valence-electron chi connectivity index (χ2n) is 4.88. The summed E-state index contributed by atoms with van der Waals surface area (Å²) in [6.45, 7) is 3.13. The van der Waals surface area contributed by atoms with Gasteiger partial charge in [0.2, 0.25) is 0 Å². The van der Waals surface area contributed by atoms with E-state index in [2.05, 4.69) is 20.9 Å². The van der Waals surface area contributed by atoms with E-state index in [9.17, 15) is 4.79 Å². The molecule has 0 saturated heterocycles. The van der Waals surface area contributed by atoms with Crippen molar-refractivity contribution in [1.29, 1.82) is 0 Å². The highest BCUT2D eigenvalue weighted by Gasteiger charge is 2.21. The Bertz CT molecular complexity index is 640. The number of urea groups is 1. The third kappa shape index (κ3) is 3.13. The lowest BCUT2D eigenvalue weighted by Gasteiger charge is -2.25. The van der Waals surface area contributed by atoms with Gasteiger partial charge in [-0.15, -0.1) is 5.10 Å². The third-order valence-corrected chi connectivity index (χ3v) is 3.32. The summed E-state index contributed by atoms with van der Waals surface area (Å²) < 4.78 is 7.28. The second kappa shape index (κ2) is 5.82. The van der Waals surface area contributed by atoms with Crippen molar-refractivity contribution >= 4 is 11.8 Å². The Morgan fingerprint density at radius 1 is 1.48 bits per heavy atom. The van der Waals surface area contributed by atoms with Gasteiger partial charge in [-0.1, -0.05) is 23.4 Å². The molecule has 2 aromatic rings. The lowest BCUT2D eigenvalue weighted by Crippen LogP contribution is -2.44. The van der Waals surface area contributed by atoms with E-state index in [-0.39, 0.29) is 12.1 Å². The minimum Gasteiger partial charge on any atom is -0.491 e. The molecule has 1 aliphatic heterocycles. The Morgan fingerprint density at radius 3 is 3.14 bits per heavy atom. The van der Waals surface area contributed by atoms with E-state index in [4.69, 9.17) is 4.74 Å². The number of aryl methyl sites for hydroxylation is 1. The van der Waals surface area contributed by atoms with Crippen LogP contribution in [-0.4, -0.2) is 33.7 Å². The lowest BCUT2D eigenvalue weighted by atomic mass is 10.0. The first-order valence-electron chi connectivity index (χ1n) is 6.93. The van der Waals surface area contributed by atoms with Crippen molar-refractivity contribution in [2.24, 2.45) is 0 Å². The van der Waals surface area contributed by atoms with Crippen molar-refractivity contribution < 1.29 is 9.53 Å². The Morgan fingerprint density at radius 2 is 2.33 bits per heavy atom. The van der Waals surface area contributed by atoms with Gasteiger partial charge in [0.1, 0.15) is 12.4 Å². The van der Waals surface area contributed by atoms with E-state index >= 15 is 0 Å². The number of nitrogens with zero attached hydrogens (tertiary/aromatic N) is 3. The first-order chi connectivity index (χ1) is 10.2. The summed E-state index contributed by atoms with van der Waals surface area (Å²) in [4.78, 5) is 11.9. The molecule has 0 spiro atoms. The Labute approximate surface area is 122 Å². The van der Waals surface area contributed by atoms with Crippen LogP contribution in [0.3, 0.4) is 0 Å². The highest BCUT2D eigenvalue weighted by atomic mass is 16.5. The number of hydrogen-bond donors (Lipinski definition) is 2. The zero-order chi connectivity index (χ0) is 14.7. The van der Waals surface area contributed by atoms with Crippen LogP contribution in [0.25, 0.3) is 0 Å². The monoisotopic (exact) mass is 287 g/mol.